The van der Waals surface area contributed by atoms with Gasteiger partial charge in [0.15, 0.2) is 17.3 Å². The Bertz CT molecular complexity index is 1260. The van der Waals surface area contributed by atoms with E-state index in [1.54, 1.807) is 26.4 Å². The Balaban J connectivity index is 1.84. The Morgan fingerprint density at radius 1 is 1.06 bits per heavy atom. The van der Waals surface area contributed by atoms with E-state index < -0.39 is 5.92 Å². The minimum atomic E-state index is -0.552. The largest absolute Gasteiger partial charge is 0.495 e. The number of anilines is 1. The number of dihydropyridines is 1. The molecule has 1 atom stereocenters. The second-order valence-corrected chi connectivity index (χ2v) is 9.93. The summed E-state index contributed by atoms with van der Waals surface area (Å²) in [5.41, 5.74) is 3.90. The highest BCUT2D eigenvalue weighted by Crippen LogP contribution is 2.48. The van der Waals surface area contributed by atoms with Crippen LogP contribution in [0.5, 0.6) is 17.2 Å². The Morgan fingerprint density at radius 2 is 1.78 bits per heavy atom. The molecule has 0 bridgehead atoms. The SMILES string of the molecule is CCOc1ccc([C@@H]2C(C(=O)Nc3ccccc3OC)=C(C)NC3=C2C(=O)CC(C)(C)C3)cc1OC. The molecule has 0 fully saturated rings. The average molecular weight is 491 g/mol. The van der Waals surface area contributed by atoms with Crippen molar-refractivity contribution in [1.82, 2.24) is 5.32 Å². The van der Waals surface area contributed by atoms with Crippen molar-refractivity contribution in [1.29, 1.82) is 0 Å². The normalized spacial score (nSPS) is 18.8. The number of nitrogens with one attached hydrogen (secondary N) is 2. The van der Waals surface area contributed by atoms with Crippen molar-refractivity contribution in [3.05, 3.63) is 70.6 Å². The van der Waals surface area contributed by atoms with E-state index in [9.17, 15) is 9.59 Å². The van der Waals surface area contributed by atoms with Crippen LogP contribution < -0.4 is 24.8 Å². The van der Waals surface area contributed by atoms with Gasteiger partial charge in [-0.2, -0.15) is 0 Å². The molecule has 2 N–H and O–H groups in total. The number of ketones is 1. The number of rotatable bonds is 7. The third-order valence-corrected chi connectivity index (χ3v) is 6.66. The van der Waals surface area contributed by atoms with E-state index in [-0.39, 0.29) is 17.1 Å². The summed E-state index contributed by atoms with van der Waals surface area (Å²) in [6, 6.07) is 12.9. The summed E-state index contributed by atoms with van der Waals surface area (Å²) in [5.74, 6) is 0.921. The van der Waals surface area contributed by atoms with Crippen molar-refractivity contribution in [2.45, 2.75) is 46.5 Å². The van der Waals surface area contributed by atoms with E-state index in [0.29, 0.717) is 52.8 Å². The van der Waals surface area contributed by atoms with Gasteiger partial charge in [-0.25, -0.2) is 0 Å². The molecule has 0 spiro atoms. The second-order valence-electron chi connectivity index (χ2n) is 9.93. The third kappa shape index (κ3) is 4.83. The predicted molar refractivity (Wildman–Crippen MR) is 139 cm³/mol. The van der Waals surface area contributed by atoms with Crippen molar-refractivity contribution in [3.63, 3.8) is 0 Å². The molecule has 0 saturated heterocycles. The van der Waals surface area contributed by atoms with Gasteiger partial charge in [0.05, 0.1) is 26.5 Å². The molecule has 1 aliphatic carbocycles. The van der Waals surface area contributed by atoms with Crippen LogP contribution in [0.4, 0.5) is 5.69 Å². The van der Waals surface area contributed by atoms with E-state index in [1.807, 2.05) is 44.2 Å². The van der Waals surface area contributed by atoms with Crippen LogP contribution in [0.15, 0.2) is 65.0 Å². The molecule has 1 aliphatic heterocycles. The molecule has 0 aromatic heterocycles. The number of ether oxygens (including phenoxy) is 3. The summed E-state index contributed by atoms with van der Waals surface area (Å²) in [6.07, 6.45) is 1.14. The highest BCUT2D eigenvalue weighted by Gasteiger charge is 2.43. The second kappa shape index (κ2) is 10.1. The highest BCUT2D eigenvalue weighted by molar-refractivity contribution is 6.10. The number of allylic oxidation sites excluding steroid dienone is 3. The molecule has 190 valence electrons. The molecule has 2 aliphatic rings. The zero-order valence-electron chi connectivity index (χ0n) is 21.8. The molecule has 36 heavy (non-hydrogen) atoms. The lowest BCUT2D eigenvalue weighted by Gasteiger charge is -2.39. The minimum absolute atomic E-state index is 0.0432. The first-order chi connectivity index (χ1) is 17.2. The van der Waals surface area contributed by atoms with Gasteiger partial charge in [-0.05, 0) is 55.5 Å². The number of hydrogen-bond donors (Lipinski definition) is 2. The first-order valence-corrected chi connectivity index (χ1v) is 12.2. The van der Waals surface area contributed by atoms with Crippen LogP contribution in [0.1, 0.15) is 52.0 Å². The van der Waals surface area contributed by atoms with Crippen LogP contribution in [0.25, 0.3) is 0 Å². The molecule has 4 rings (SSSR count). The van der Waals surface area contributed by atoms with Gasteiger partial charge in [0.2, 0.25) is 0 Å². The van der Waals surface area contributed by atoms with E-state index in [1.165, 1.54) is 0 Å². The molecule has 0 unspecified atom stereocenters. The Labute approximate surface area is 212 Å². The molecule has 2 aromatic carbocycles. The van der Waals surface area contributed by atoms with Crippen molar-refractivity contribution in [3.8, 4) is 17.2 Å². The zero-order valence-corrected chi connectivity index (χ0v) is 21.8. The van der Waals surface area contributed by atoms with E-state index in [4.69, 9.17) is 14.2 Å². The van der Waals surface area contributed by atoms with Crippen LogP contribution in [-0.4, -0.2) is 32.5 Å². The zero-order chi connectivity index (χ0) is 26.0. The van der Waals surface area contributed by atoms with Gasteiger partial charge in [0.1, 0.15) is 5.75 Å². The highest BCUT2D eigenvalue weighted by atomic mass is 16.5. The lowest BCUT2D eigenvalue weighted by molar-refractivity contribution is -0.118. The van der Waals surface area contributed by atoms with Crippen molar-refractivity contribution < 1.29 is 23.8 Å². The third-order valence-electron chi connectivity index (χ3n) is 6.66. The Kier molecular flexibility index (Phi) is 7.11. The quantitative estimate of drug-likeness (QED) is 0.545. The molecule has 1 heterocycles. The number of hydrogen-bond acceptors (Lipinski definition) is 6. The fourth-order valence-electron chi connectivity index (χ4n) is 5.15. The van der Waals surface area contributed by atoms with Gasteiger partial charge in [-0.3, -0.25) is 9.59 Å². The fraction of sp³-hybridized carbons (Fsp3) is 0.379. The van der Waals surface area contributed by atoms with Crippen LogP contribution in [0.3, 0.4) is 0 Å². The summed E-state index contributed by atoms with van der Waals surface area (Å²) in [6.45, 7) is 8.47. The Hall–Kier alpha value is -3.74. The maximum Gasteiger partial charge on any atom is 0.254 e. The van der Waals surface area contributed by atoms with Crippen LogP contribution >= 0.6 is 0 Å². The molecule has 7 nitrogen and oxygen atoms in total. The van der Waals surface area contributed by atoms with Crippen molar-refractivity contribution in [2.75, 3.05) is 26.1 Å². The van der Waals surface area contributed by atoms with Crippen LogP contribution in [-0.2, 0) is 9.59 Å². The number of para-hydroxylation sites is 2. The van der Waals surface area contributed by atoms with Gasteiger partial charge in [-0.15, -0.1) is 0 Å². The first-order valence-electron chi connectivity index (χ1n) is 12.2. The molecule has 0 radical (unpaired) electrons. The molecule has 2 aromatic rings. The molecule has 1 amide bonds. The summed E-state index contributed by atoms with van der Waals surface area (Å²) in [7, 11) is 3.14. The van der Waals surface area contributed by atoms with Gasteiger partial charge in [0, 0.05) is 34.9 Å². The topological polar surface area (TPSA) is 85.9 Å². The monoisotopic (exact) mass is 490 g/mol. The molecular weight excluding hydrogens is 456 g/mol. The maximum absolute atomic E-state index is 13.8. The lowest BCUT2D eigenvalue weighted by atomic mass is 9.68. The number of carbonyl (C=O) groups is 2. The van der Waals surface area contributed by atoms with Gasteiger partial charge in [0.25, 0.3) is 5.91 Å². The van der Waals surface area contributed by atoms with Gasteiger partial charge < -0.3 is 24.8 Å². The predicted octanol–water partition coefficient (Wildman–Crippen LogP) is 5.35. The number of benzene rings is 2. The standard InChI is InChI=1S/C29H34N2O5/c1-7-36-23-13-12-18(14-24(23)35-6)26-25(28(33)31-19-10-8-9-11-22(19)34-5)17(2)30-20-15-29(3,4)16-21(32)27(20)26/h8-14,26,30H,7,15-16H2,1-6H3,(H,31,33)/t26-/m1/s1. The lowest BCUT2D eigenvalue weighted by Crippen LogP contribution is -2.39. The van der Waals surface area contributed by atoms with E-state index in [0.717, 1.165) is 17.7 Å². The number of Topliss-reactive ketones (excluding diaryl/α,β-unsaturated/α-hetero) is 1. The Morgan fingerprint density at radius 3 is 2.47 bits per heavy atom. The summed E-state index contributed by atoms with van der Waals surface area (Å²) in [4.78, 5) is 27.4. The number of amides is 1. The number of carbonyl (C=O) groups excluding carboxylic acids is 2. The first kappa shape index (κ1) is 25.4. The van der Waals surface area contributed by atoms with Crippen LogP contribution in [0.2, 0.25) is 0 Å². The van der Waals surface area contributed by atoms with Crippen molar-refractivity contribution >= 4 is 17.4 Å². The summed E-state index contributed by atoms with van der Waals surface area (Å²) in [5, 5.41) is 6.40. The van der Waals surface area contributed by atoms with E-state index >= 15 is 0 Å². The van der Waals surface area contributed by atoms with Crippen LogP contribution in [0, 0.1) is 5.41 Å². The van der Waals surface area contributed by atoms with Gasteiger partial charge >= 0.3 is 0 Å². The van der Waals surface area contributed by atoms with Crippen molar-refractivity contribution in [2.24, 2.45) is 5.41 Å². The molecule has 7 heteroatoms. The fourth-order valence-corrected chi connectivity index (χ4v) is 5.15. The summed E-state index contributed by atoms with van der Waals surface area (Å²) < 4.78 is 16.7. The maximum atomic E-state index is 13.8. The summed E-state index contributed by atoms with van der Waals surface area (Å²) >= 11 is 0. The molecular formula is C29H34N2O5. The van der Waals surface area contributed by atoms with E-state index in [2.05, 4.69) is 24.5 Å². The minimum Gasteiger partial charge on any atom is -0.495 e. The average Bonchev–Trinajstić information content (AvgIpc) is 2.83. The molecule has 0 saturated carbocycles. The number of methoxy groups -OCH3 is 2. The van der Waals surface area contributed by atoms with Gasteiger partial charge in [-0.1, -0.05) is 32.0 Å². The smallest absolute Gasteiger partial charge is 0.254 e.